The molecule has 0 aromatic heterocycles. The molecular weight excluding hydrogens is 659 g/mol. The van der Waals surface area contributed by atoms with Gasteiger partial charge in [-0.1, -0.05) is 71.6 Å². The molecular formula is C37H61N5O7S. The van der Waals surface area contributed by atoms with E-state index in [-0.39, 0.29) is 29.2 Å². The lowest BCUT2D eigenvalue weighted by atomic mass is 9.79. The van der Waals surface area contributed by atoms with E-state index in [1.807, 2.05) is 0 Å². The fraction of sp³-hybridized carbons (Fsp3) is 0.865. The van der Waals surface area contributed by atoms with Gasteiger partial charge in [0.05, 0.1) is 21.6 Å². The number of rotatable bonds is 7. The van der Waals surface area contributed by atoms with Gasteiger partial charge in [-0.2, -0.15) is 0 Å². The molecule has 5 rings (SSSR count). The van der Waals surface area contributed by atoms with Gasteiger partial charge in [0.1, 0.15) is 12.1 Å². The third-order valence-corrected chi connectivity index (χ3v) is 15.7. The van der Waals surface area contributed by atoms with Crippen molar-refractivity contribution in [3.8, 4) is 0 Å². The average Bonchev–Trinajstić information content (AvgIpc) is 3.90. The van der Waals surface area contributed by atoms with Gasteiger partial charge in [-0.3, -0.25) is 19.2 Å². The Bertz CT molecular complexity index is 1430. The van der Waals surface area contributed by atoms with Gasteiger partial charge < -0.3 is 26.2 Å². The van der Waals surface area contributed by atoms with Crippen molar-refractivity contribution >= 4 is 39.4 Å². The van der Waals surface area contributed by atoms with Crippen LogP contribution in [-0.4, -0.2) is 89.1 Å². The van der Waals surface area contributed by atoms with Gasteiger partial charge >= 0.3 is 6.03 Å². The Kier molecular flexibility index (Phi) is 11.4. The van der Waals surface area contributed by atoms with Crippen LogP contribution in [0.1, 0.15) is 138 Å². The molecule has 13 heteroatoms. The Morgan fingerprint density at radius 2 is 1.44 bits per heavy atom. The molecule has 2 heterocycles. The van der Waals surface area contributed by atoms with Crippen LogP contribution in [0.3, 0.4) is 0 Å². The summed E-state index contributed by atoms with van der Waals surface area (Å²) in [6, 6.07) is -3.27. The molecule has 0 aromatic rings. The number of carbonyl (C=O) groups is 5. The predicted octanol–water partition coefficient (Wildman–Crippen LogP) is 3.91. The summed E-state index contributed by atoms with van der Waals surface area (Å²) in [7, 11) is -3.62. The van der Waals surface area contributed by atoms with Crippen LogP contribution in [0, 0.1) is 17.3 Å². The molecule has 0 bridgehead atoms. The van der Waals surface area contributed by atoms with E-state index < -0.39 is 67.1 Å². The van der Waals surface area contributed by atoms with Crippen molar-refractivity contribution in [2.45, 2.75) is 178 Å². The third kappa shape index (κ3) is 8.02. The highest BCUT2D eigenvalue weighted by Crippen LogP contribution is 2.65. The van der Waals surface area contributed by atoms with Crippen molar-refractivity contribution in [3.63, 3.8) is 0 Å². The van der Waals surface area contributed by atoms with Crippen LogP contribution in [0.25, 0.3) is 0 Å². The lowest BCUT2D eigenvalue weighted by Gasteiger charge is -2.44. The molecule has 2 saturated heterocycles. The van der Waals surface area contributed by atoms with Crippen molar-refractivity contribution in [1.29, 1.82) is 0 Å². The number of ketones is 1. The number of urea groups is 1. The Labute approximate surface area is 298 Å². The highest BCUT2D eigenvalue weighted by Gasteiger charge is 2.69. The maximum Gasteiger partial charge on any atom is 0.315 e. The van der Waals surface area contributed by atoms with E-state index in [1.54, 1.807) is 32.6 Å². The highest BCUT2D eigenvalue weighted by molar-refractivity contribution is 7.93. The maximum absolute atomic E-state index is 14.4. The Morgan fingerprint density at radius 3 is 2.04 bits per heavy atom. The molecule has 4 N–H and O–H groups in total. The van der Waals surface area contributed by atoms with E-state index in [0.717, 1.165) is 57.8 Å². The second kappa shape index (κ2) is 14.7. The fourth-order valence-electron chi connectivity index (χ4n) is 8.91. The topological polar surface area (TPSA) is 171 Å². The minimum absolute atomic E-state index is 0.0149. The molecule has 0 unspecified atom stereocenters. The summed E-state index contributed by atoms with van der Waals surface area (Å²) < 4.78 is 26.3. The van der Waals surface area contributed by atoms with Crippen molar-refractivity contribution < 1.29 is 32.4 Å². The van der Waals surface area contributed by atoms with E-state index in [4.69, 9.17) is 0 Å². The molecule has 282 valence electrons. The SMILES string of the molecule is C[C@H](C1(NC(=O)N[C@@H]2CCCCCCCC[C@H](C(=O)C(=O)NC3CC3)NC(=O)[C@@H]3[C@@H]4[C@H](CN3C2=O)C4(C)C)CCCCC1)S(=O)(=O)C(C)(C)C. The van der Waals surface area contributed by atoms with Gasteiger partial charge in [0.2, 0.25) is 17.6 Å². The fourth-order valence-corrected chi connectivity index (χ4v) is 10.9. The number of hydrogen-bond acceptors (Lipinski definition) is 7. The number of hydrogen-bond donors (Lipinski definition) is 4. The number of nitrogens with one attached hydrogen (secondary N) is 4. The predicted molar refractivity (Wildman–Crippen MR) is 191 cm³/mol. The van der Waals surface area contributed by atoms with Crippen molar-refractivity contribution in [2.75, 3.05) is 6.54 Å². The van der Waals surface area contributed by atoms with Gasteiger partial charge in [0.25, 0.3) is 5.91 Å². The first-order valence-corrected chi connectivity index (χ1v) is 20.7. The monoisotopic (exact) mass is 719 g/mol. The van der Waals surface area contributed by atoms with Crippen LogP contribution in [0.4, 0.5) is 4.79 Å². The summed E-state index contributed by atoms with van der Waals surface area (Å²) in [6.07, 6.45) is 10.9. The molecule has 50 heavy (non-hydrogen) atoms. The number of piperidine rings is 1. The van der Waals surface area contributed by atoms with Crippen LogP contribution in [0.2, 0.25) is 0 Å². The minimum Gasteiger partial charge on any atom is -0.347 e. The summed E-state index contributed by atoms with van der Waals surface area (Å²) >= 11 is 0. The number of amides is 5. The van der Waals surface area contributed by atoms with Gasteiger partial charge in [0, 0.05) is 12.6 Å². The first-order chi connectivity index (χ1) is 23.4. The standard InChI is InChI=1S/C37H61N5O7S/c1-23(50(48,49)35(2,3)4)37(20-14-11-15-21-37)41-34(47)40-27-17-13-10-8-7-9-12-16-26(30(43)32(45)38-24-18-19-24)39-31(44)29-28-25(36(28,5)6)22-42(29)33(27)46/h23-29H,7-22H2,1-6H3,(H,38,45)(H,39,44)(H2,40,41,47)/t23-,25+,26-,27-,28+,29+/m1/s1. The normalized spacial score (nSPS) is 31.1. The highest BCUT2D eigenvalue weighted by atomic mass is 32.2. The summed E-state index contributed by atoms with van der Waals surface area (Å²) in [5, 5.41) is 10.9. The van der Waals surface area contributed by atoms with Crippen molar-refractivity contribution in [2.24, 2.45) is 17.3 Å². The van der Waals surface area contributed by atoms with Gasteiger partial charge in [0.15, 0.2) is 9.84 Å². The molecule has 2 aliphatic heterocycles. The zero-order valence-electron chi connectivity index (χ0n) is 31.1. The zero-order chi connectivity index (χ0) is 36.6. The minimum atomic E-state index is -3.62. The molecule has 6 atom stereocenters. The number of fused-ring (bicyclic) bond motifs is 3. The number of sulfone groups is 1. The smallest absolute Gasteiger partial charge is 0.315 e. The van der Waals surface area contributed by atoms with Crippen LogP contribution in [-0.2, 0) is 29.0 Å². The van der Waals surface area contributed by atoms with Crippen molar-refractivity contribution in [3.05, 3.63) is 0 Å². The van der Waals surface area contributed by atoms with E-state index in [9.17, 15) is 32.4 Å². The van der Waals surface area contributed by atoms with Crippen LogP contribution in [0.15, 0.2) is 0 Å². The van der Waals surface area contributed by atoms with E-state index in [2.05, 4.69) is 35.1 Å². The first-order valence-electron chi connectivity index (χ1n) is 19.2. The Morgan fingerprint density at radius 1 is 0.860 bits per heavy atom. The lowest BCUT2D eigenvalue weighted by molar-refractivity contribution is -0.144. The summed E-state index contributed by atoms with van der Waals surface area (Å²) in [5.41, 5.74) is -1.14. The second-order valence-electron chi connectivity index (χ2n) is 17.4. The Balaban J connectivity index is 1.37. The van der Waals surface area contributed by atoms with Gasteiger partial charge in [-0.05, 0) is 83.5 Å². The lowest BCUT2D eigenvalue weighted by Crippen LogP contribution is -2.64. The molecule has 0 radical (unpaired) electrons. The summed E-state index contributed by atoms with van der Waals surface area (Å²) in [5.74, 6) is -2.11. The summed E-state index contributed by atoms with van der Waals surface area (Å²) in [4.78, 5) is 70.1. The molecule has 5 fully saturated rings. The molecule has 3 saturated carbocycles. The molecule has 0 spiro atoms. The third-order valence-electron chi connectivity index (χ3n) is 12.6. The maximum atomic E-state index is 14.4. The van der Waals surface area contributed by atoms with Crippen LogP contribution < -0.4 is 21.3 Å². The second-order valence-corrected chi connectivity index (χ2v) is 20.5. The summed E-state index contributed by atoms with van der Waals surface area (Å²) in [6.45, 7) is 11.3. The zero-order valence-corrected chi connectivity index (χ0v) is 31.9. The molecule has 0 aromatic carbocycles. The van der Waals surface area contributed by atoms with E-state index in [0.29, 0.717) is 45.1 Å². The first kappa shape index (κ1) is 38.5. The number of nitrogens with zero attached hydrogens (tertiary/aromatic N) is 1. The largest absolute Gasteiger partial charge is 0.347 e. The van der Waals surface area contributed by atoms with Gasteiger partial charge in [-0.15, -0.1) is 0 Å². The average molecular weight is 720 g/mol. The van der Waals surface area contributed by atoms with Crippen LogP contribution in [0.5, 0.6) is 0 Å². The van der Waals surface area contributed by atoms with Crippen molar-refractivity contribution in [1.82, 2.24) is 26.2 Å². The quantitative estimate of drug-likeness (QED) is 0.289. The number of carbonyl (C=O) groups excluding carboxylic acids is 5. The van der Waals surface area contributed by atoms with E-state index >= 15 is 0 Å². The van der Waals surface area contributed by atoms with E-state index in [1.165, 1.54) is 0 Å². The Hall–Kier alpha value is -2.70. The molecule has 5 aliphatic rings. The van der Waals surface area contributed by atoms with Gasteiger partial charge in [-0.25, -0.2) is 13.2 Å². The molecule has 3 aliphatic carbocycles. The number of Topliss-reactive ketones (excluding diaryl/α,β-unsaturated/α-hetero) is 1. The molecule has 5 amide bonds. The van der Waals surface area contributed by atoms with Crippen LogP contribution >= 0.6 is 0 Å². The molecule has 12 nitrogen and oxygen atoms in total.